The smallest absolute Gasteiger partial charge is 0.254 e. The molecule has 0 atom stereocenters. The minimum atomic E-state index is -0.949. The third-order valence-corrected chi connectivity index (χ3v) is 8.20. The number of piperidine rings is 1. The lowest BCUT2D eigenvalue weighted by molar-refractivity contribution is -0.118. The molecule has 0 radical (unpaired) electrons. The van der Waals surface area contributed by atoms with E-state index in [0.717, 1.165) is 23.3 Å². The fourth-order valence-electron chi connectivity index (χ4n) is 5.90. The van der Waals surface area contributed by atoms with Gasteiger partial charge in [-0.1, -0.05) is 6.07 Å². The average Bonchev–Trinajstić information content (AvgIpc) is 3.26. The molecule has 5 rings (SSSR count). The Morgan fingerprint density at radius 1 is 0.900 bits per heavy atom. The Morgan fingerprint density at radius 3 is 2.20 bits per heavy atom. The van der Waals surface area contributed by atoms with Gasteiger partial charge in [0.25, 0.3) is 5.91 Å². The van der Waals surface area contributed by atoms with Crippen LogP contribution in [-0.2, 0) is 16.6 Å². The minimum Gasteiger partial charge on any atom is -0.496 e. The Kier molecular flexibility index (Phi) is 7.49. The highest BCUT2D eigenvalue weighted by Gasteiger charge is 2.47. The second-order valence-corrected chi connectivity index (χ2v) is 10.5. The van der Waals surface area contributed by atoms with E-state index in [9.17, 15) is 22.8 Å². The summed E-state index contributed by atoms with van der Waals surface area (Å²) in [7, 11) is 3.09. The van der Waals surface area contributed by atoms with Crippen molar-refractivity contribution < 1.29 is 32.2 Å². The van der Waals surface area contributed by atoms with Crippen molar-refractivity contribution in [3.05, 3.63) is 88.2 Å². The van der Waals surface area contributed by atoms with Gasteiger partial charge in [0.05, 0.1) is 14.2 Å². The average molecular weight is 553 g/mol. The minimum absolute atomic E-state index is 0.0969. The van der Waals surface area contributed by atoms with Crippen molar-refractivity contribution in [3.63, 3.8) is 0 Å². The lowest BCUT2D eigenvalue weighted by Crippen LogP contribution is -2.47. The Morgan fingerprint density at radius 2 is 1.57 bits per heavy atom. The third kappa shape index (κ3) is 5.00. The Bertz CT molecular complexity index is 1440. The lowest BCUT2D eigenvalue weighted by Gasteiger charge is -2.40. The fraction of sp³-hybridized carbons (Fsp3) is 0.355. The molecular formula is C31H31F3N2O4. The second kappa shape index (κ2) is 10.9. The van der Waals surface area contributed by atoms with E-state index in [1.807, 2.05) is 6.92 Å². The van der Waals surface area contributed by atoms with Crippen LogP contribution in [-0.4, -0.2) is 50.6 Å². The molecule has 1 saturated heterocycles. The summed E-state index contributed by atoms with van der Waals surface area (Å²) >= 11 is 0. The highest BCUT2D eigenvalue weighted by atomic mass is 19.2. The standard InChI is InChI=1S/C31H31F3N2O4/c1-19-27(39-2)15-21(16-28(19)40-3)30(38)35-12-10-31(11-13-35)18-36(26-8-6-22(32)17-23(26)31)29(37)9-5-20-4-7-24(33)25(34)14-20/h4,6-8,14-17H,5,9-13,18H2,1-3H3. The van der Waals surface area contributed by atoms with Gasteiger partial charge >= 0.3 is 0 Å². The van der Waals surface area contributed by atoms with Crippen molar-refractivity contribution in [1.29, 1.82) is 0 Å². The number of fused-ring (bicyclic) bond motifs is 2. The SMILES string of the molecule is COc1cc(C(=O)N2CCC3(CC2)CN(C(=O)CCc2ccc(F)c(F)c2)c2ccc(F)cc23)cc(OC)c1C. The predicted octanol–water partition coefficient (Wildman–Crippen LogP) is 5.58. The largest absolute Gasteiger partial charge is 0.496 e. The highest BCUT2D eigenvalue weighted by Crippen LogP contribution is 2.48. The number of rotatable bonds is 6. The number of carbonyl (C=O) groups is 2. The maximum Gasteiger partial charge on any atom is 0.254 e. The van der Waals surface area contributed by atoms with Crippen LogP contribution in [0.4, 0.5) is 18.9 Å². The summed E-state index contributed by atoms with van der Waals surface area (Å²) in [6.07, 6.45) is 1.46. The molecule has 0 unspecified atom stereocenters. The van der Waals surface area contributed by atoms with Gasteiger partial charge in [0.2, 0.25) is 5.91 Å². The van der Waals surface area contributed by atoms with E-state index in [0.29, 0.717) is 60.8 Å². The van der Waals surface area contributed by atoms with Gasteiger partial charge in [-0.25, -0.2) is 13.2 Å². The van der Waals surface area contributed by atoms with Crippen molar-refractivity contribution >= 4 is 17.5 Å². The molecule has 2 aliphatic heterocycles. The van der Waals surface area contributed by atoms with E-state index in [1.165, 1.54) is 18.2 Å². The Balaban J connectivity index is 1.33. The maximum absolute atomic E-state index is 14.4. The first kappa shape index (κ1) is 27.6. The van der Waals surface area contributed by atoms with Crippen LogP contribution in [0.2, 0.25) is 0 Å². The number of methoxy groups -OCH3 is 2. The zero-order chi connectivity index (χ0) is 28.6. The van der Waals surface area contributed by atoms with E-state index in [-0.39, 0.29) is 30.5 Å². The number of benzene rings is 3. The van der Waals surface area contributed by atoms with Gasteiger partial charge in [-0.3, -0.25) is 9.59 Å². The summed E-state index contributed by atoms with van der Waals surface area (Å²) in [6, 6.07) is 11.5. The van der Waals surface area contributed by atoms with Gasteiger partial charge in [-0.2, -0.15) is 0 Å². The molecule has 0 saturated carbocycles. The molecule has 0 aromatic heterocycles. The Labute approximate surface area is 231 Å². The lowest BCUT2D eigenvalue weighted by atomic mass is 9.74. The molecule has 9 heteroatoms. The van der Waals surface area contributed by atoms with Crippen LogP contribution in [0.5, 0.6) is 11.5 Å². The van der Waals surface area contributed by atoms with Crippen LogP contribution in [0.3, 0.4) is 0 Å². The van der Waals surface area contributed by atoms with Gasteiger partial charge in [-0.15, -0.1) is 0 Å². The molecule has 6 nitrogen and oxygen atoms in total. The monoisotopic (exact) mass is 552 g/mol. The zero-order valence-electron chi connectivity index (χ0n) is 22.7. The first-order valence-electron chi connectivity index (χ1n) is 13.2. The number of anilines is 1. The van der Waals surface area contributed by atoms with Crippen LogP contribution in [0.1, 0.15) is 46.3 Å². The van der Waals surface area contributed by atoms with Gasteiger partial charge in [0.1, 0.15) is 17.3 Å². The second-order valence-electron chi connectivity index (χ2n) is 10.5. The first-order valence-corrected chi connectivity index (χ1v) is 13.2. The third-order valence-electron chi connectivity index (χ3n) is 8.20. The molecule has 3 aromatic rings. The number of halogens is 3. The van der Waals surface area contributed by atoms with Crippen molar-refractivity contribution in [3.8, 4) is 11.5 Å². The van der Waals surface area contributed by atoms with Crippen LogP contribution in [0.15, 0.2) is 48.5 Å². The molecular weight excluding hydrogens is 521 g/mol. The van der Waals surface area contributed by atoms with Gasteiger partial charge in [-0.05, 0) is 79.8 Å². The quantitative estimate of drug-likeness (QED) is 0.401. The van der Waals surface area contributed by atoms with Crippen molar-refractivity contribution in [2.75, 3.05) is 38.8 Å². The summed E-state index contributed by atoms with van der Waals surface area (Å²) in [6.45, 7) is 3.10. The molecule has 2 heterocycles. The van der Waals surface area contributed by atoms with Gasteiger partial charge < -0.3 is 19.3 Å². The van der Waals surface area contributed by atoms with Crippen molar-refractivity contribution in [1.82, 2.24) is 4.90 Å². The topological polar surface area (TPSA) is 59.1 Å². The molecule has 3 aromatic carbocycles. The molecule has 210 valence electrons. The summed E-state index contributed by atoms with van der Waals surface area (Å²) < 4.78 is 52.2. The van der Waals surface area contributed by atoms with E-state index >= 15 is 0 Å². The van der Waals surface area contributed by atoms with E-state index in [2.05, 4.69) is 0 Å². The van der Waals surface area contributed by atoms with Crippen LogP contribution in [0.25, 0.3) is 0 Å². The molecule has 0 N–H and O–H groups in total. The first-order chi connectivity index (χ1) is 19.2. The number of carbonyl (C=O) groups excluding carboxylic acids is 2. The molecule has 40 heavy (non-hydrogen) atoms. The number of hydrogen-bond acceptors (Lipinski definition) is 4. The number of ether oxygens (including phenoxy) is 2. The van der Waals surface area contributed by atoms with Crippen molar-refractivity contribution in [2.45, 2.75) is 38.0 Å². The maximum atomic E-state index is 14.4. The van der Waals surface area contributed by atoms with Crippen LogP contribution in [0, 0.1) is 24.4 Å². The normalized spacial score (nSPS) is 15.8. The molecule has 2 aliphatic rings. The van der Waals surface area contributed by atoms with Gasteiger partial charge in [0, 0.05) is 48.3 Å². The molecule has 1 fully saturated rings. The summed E-state index contributed by atoms with van der Waals surface area (Å²) in [4.78, 5) is 30.2. The summed E-state index contributed by atoms with van der Waals surface area (Å²) in [5.74, 6) is -1.46. The van der Waals surface area contributed by atoms with E-state index in [1.54, 1.807) is 42.2 Å². The number of likely N-dealkylation sites (tertiary alicyclic amines) is 1. The van der Waals surface area contributed by atoms with Crippen LogP contribution < -0.4 is 14.4 Å². The summed E-state index contributed by atoms with van der Waals surface area (Å²) in [5.41, 5.74) is 2.72. The molecule has 1 spiro atoms. The van der Waals surface area contributed by atoms with E-state index in [4.69, 9.17) is 9.47 Å². The van der Waals surface area contributed by atoms with E-state index < -0.39 is 17.0 Å². The fourth-order valence-corrected chi connectivity index (χ4v) is 5.90. The highest BCUT2D eigenvalue weighted by molar-refractivity contribution is 5.97. The Hall–Kier alpha value is -4.01. The predicted molar refractivity (Wildman–Crippen MR) is 145 cm³/mol. The summed E-state index contributed by atoms with van der Waals surface area (Å²) in [5, 5.41) is 0. The molecule has 0 bridgehead atoms. The van der Waals surface area contributed by atoms with Gasteiger partial charge in [0.15, 0.2) is 11.6 Å². The van der Waals surface area contributed by atoms with Crippen molar-refractivity contribution in [2.24, 2.45) is 0 Å². The molecule has 0 aliphatic carbocycles. The van der Waals surface area contributed by atoms with Crippen LogP contribution >= 0.6 is 0 Å². The number of hydrogen-bond donors (Lipinski definition) is 0. The number of nitrogens with zero attached hydrogens (tertiary/aromatic N) is 2. The number of amides is 2. The zero-order valence-corrected chi connectivity index (χ0v) is 22.7. The molecule has 2 amide bonds. The number of aryl methyl sites for hydroxylation is 1.